The maximum absolute atomic E-state index is 10.8. The fourth-order valence-corrected chi connectivity index (χ4v) is 2.21. The molecule has 0 N–H and O–H groups in total. The molecule has 1 rings (SSSR count). The van der Waals surface area contributed by atoms with Crippen LogP contribution in [0.1, 0.15) is 67.4 Å². The molecule has 0 bridgehead atoms. The zero-order chi connectivity index (χ0) is 12.5. The molecule has 94 valence electrons. The predicted octanol–water partition coefficient (Wildman–Crippen LogP) is 4.57. The lowest BCUT2D eigenvalue weighted by molar-refractivity contribution is 0.112. The Morgan fingerprint density at radius 3 is 2.41 bits per heavy atom. The second kappa shape index (κ2) is 8.05. The van der Waals surface area contributed by atoms with Gasteiger partial charge in [-0.25, -0.2) is 0 Å². The zero-order valence-electron chi connectivity index (χ0n) is 11.2. The zero-order valence-corrected chi connectivity index (χ0v) is 11.2. The Bertz CT molecular complexity index is 341. The summed E-state index contributed by atoms with van der Waals surface area (Å²) in [4.78, 5) is 10.8. The van der Waals surface area contributed by atoms with E-state index >= 15 is 0 Å². The van der Waals surface area contributed by atoms with Crippen LogP contribution in [0.25, 0.3) is 0 Å². The van der Waals surface area contributed by atoms with E-state index in [1.165, 1.54) is 36.8 Å². The number of unbranched alkanes of at least 4 members (excludes halogenated alkanes) is 3. The van der Waals surface area contributed by atoms with Gasteiger partial charge in [0.2, 0.25) is 0 Å². The molecule has 0 spiro atoms. The minimum atomic E-state index is 0.811. The van der Waals surface area contributed by atoms with Crippen molar-refractivity contribution in [2.45, 2.75) is 58.8 Å². The SMILES string of the molecule is CCCCCCc1ccc(C=O)cc1CCC. The van der Waals surface area contributed by atoms with Crippen molar-refractivity contribution in [2.75, 3.05) is 0 Å². The molecule has 0 heterocycles. The van der Waals surface area contributed by atoms with E-state index in [0.717, 1.165) is 31.1 Å². The van der Waals surface area contributed by atoms with Crippen LogP contribution in [0, 0.1) is 0 Å². The van der Waals surface area contributed by atoms with Crippen molar-refractivity contribution in [3.05, 3.63) is 34.9 Å². The van der Waals surface area contributed by atoms with Crippen LogP contribution in [-0.2, 0) is 12.8 Å². The number of hydrogen-bond acceptors (Lipinski definition) is 1. The van der Waals surface area contributed by atoms with Gasteiger partial charge in [-0.05, 0) is 36.5 Å². The Morgan fingerprint density at radius 2 is 1.76 bits per heavy atom. The lowest BCUT2D eigenvalue weighted by Gasteiger charge is -2.09. The Hall–Kier alpha value is -1.11. The molecule has 1 aromatic rings. The second-order valence-electron chi connectivity index (χ2n) is 4.71. The van der Waals surface area contributed by atoms with Gasteiger partial charge >= 0.3 is 0 Å². The summed E-state index contributed by atoms with van der Waals surface area (Å²) in [5, 5.41) is 0. The van der Waals surface area contributed by atoms with E-state index < -0.39 is 0 Å². The lowest BCUT2D eigenvalue weighted by atomic mass is 9.96. The summed E-state index contributed by atoms with van der Waals surface area (Å²) in [6.07, 6.45) is 9.54. The molecule has 17 heavy (non-hydrogen) atoms. The molecule has 0 aliphatic carbocycles. The Labute approximate surface area is 105 Å². The molecule has 0 radical (unpaired) electrons. The highest BCUT2D eigenvalue weighted by Crippen LogP contribution is 2.16. The molecule has 0 saturated carbocycles. The van der Waals surface area contributed by atoms with E-state index in [9.17, 15) is 4.79 Å². The normalized spacial score (nSPS) is 10.5. The highest BCUT2D eigenvalue weighted by Gasteiger charge is 2.03. The molecule has 0 saturated heterocycles. The highest BCUT2D eigenvalue weighted by molar-refractivity contribution is 5.75. The van der Waals surface area contributed by atoms with Gasteiger partial charge in [-0.1, -0.05) is 51.7 Å². The summed E-state index contributed by atoms with van der Waals surface area (Å²) in [7, 11) is 0. The number of carbonyl (C=O) groups excluding carboxylic acids is 1. The number of carbonyl (C=O) groups is 1. The standard InChI is InChI=1S/C16H24O/c1-3-5-6-7-9-15-11-10-14(13-17)12-16(15)8-4-2/h10-13H,3-9H2,1-2H3. The average Bonchev–Trinajstić information content (AvgIpc) is 2.36. The fraction of sp³-hybridized carbons (Fsp3) is 0.562. The number of hydrogen-bond donors (Lipinski definition) is 0. The minimum Gasteiger partial charge on any atom is -0.298 e. The van der Waals surface area contributed by atoms with Gasteiger partial charge in [0.25, 0.3) is 0 Å². The molecule has 1 heteroatoms. The van der Waals surface area contributed by atoms with E-state index in [1.54, 1.807) is 0 Å². The van der Waals surface area contributed by atoms with Gasteiger partial charge in [0, 0.05) is 5.56 Å². The van der Waals surface area contributed by atoms with Crippen LogP contribution in [0.15, 0.2) is 18.2 Å². The predicted molar refractivity (Wildman–Crippen MR) is 73.7 cm³/mol. The second-order valence-corrected chi connectivity index (χ2v) is 4.71. The van der Waals surface area contributed by atoms with E-state index in [0.29, 0.717) is 0 Å². The van der Waals surface area contributed by atoms with Crippen LogP contribution in [0.2, 0.25) is 0 Å². The molecular weight excluding hydrogens is 208 g/mol. The molecular formula is C16H24O. The molecule has 0 unspecified atom stereocenters. The molecule has 0 atom stereocenters. The van der Waals surface area contributed by atoms with E-state index in [2.05, 4.69) is 26.0 Å². The van der Waals surface area contributed by atoms with Crippen molar-refractivity contribution < 1.29 is 4.79 Å². The topological polar surface area (TPSA) is 17.1 Å². The third-order valence-electron chi connectivity index (χ3n) is 3.19. The van der Waals surface area contributed by atoms with Crippen molar-refractivity contribution >= 4 is 6.29 Å². The third kappa shape index (κ3) is 4.72. The van der Waals surface area contributed by atoms with Crippen LogP contribution in [-0.4, -0.2) is 6.29 Å². The quantitative estimate of drug-likeness (QED) is 0.474. The molecule has 0 aliphatic heterocycles. The van der Waals surface area contributed by atoms with Crippen LogP contribution in [0.5, 0.6) is 0 Å². The maximum atomic E-state index is 10.8. The molecule has 0 aromatic heterocycles. The van der Waals surface area contributed by atoms with Crippen molar-refractivity contribution in [1.29, 1.82) is 0 Å². The fourth-order valence-electron chi connectivity index (χ4n) is 2.21. The molecule has 1 aromatic carbocycles. The Kier molecular flexibility index (Phi) is 6.61. The van der Waals surface area contributed by atoms with Crippen molar-refractivity contribution in [3.63, 3.8) is 0 Å². The summed E-state index contributed by atoms with van der Waals surface area (Å²) in [6, 6.07) is 6.15. The lowest BCUT2D eigenvalue weighted by Crippen LogP contribution is -1.96. The van der Waals surface area contributed by atoms with Gasteiger partial charge in [-0.3, -0.25) is 4.79 Å². The number of rotatable bonds is 8. The van der Waals surface area contributed by atoms with Crippen molar-refractivity contribution in [3.8, 4) is 0 Å². The van der Waals surface area contributed by atoms with Crippen molar-refractivity contribution in [2.24, 2.45) is 0 Å². The van der Waals surface area contributed by atoms with Crippen LogP contribution in [0.4, 0.5) is 0 Å². The van der Waals surface area contributed by atoms with Gasteiger partial charge < -0.3 is 0 Å². The molecule has 0 fully saturated rings. The summed E-state index contributed by atoms with van der Waals surface area (Å²) >= 11 is 0. The monoisotopic (exact) mass is 232 g/mol. The first-order chi connectivity index (χ1) is 8.31. The van der Waals surface area contributed by atoms with Gasteiger partial charge in [0.15, 0.2) is 0 Å². The summed E-state index contributed by atoms with van der Waals surface area (Å²) in [6.45, 7) is 4.43. The van der Waals surface area contributed by atoms with Gasteiger partial charge in [-0.2, -0.15) is 0 Å². The largest absolute Gasteiger partial charge is 0.298 e. The van der Waals surface area contributed by atoms with E-state index in [-0.39, 0.29) is 0 Å². The molecule has 1 nitrogen and oxygen atoms in total. The summed E-state index contributed by atoms with van der Waals surface area (Å²) in [5.41, 5.74) is 3.62. The first kappa shape index (κ1) is 14.0. The maximum Gasteiger partial charge on any atom is 0.150 e. The highest BCUT2D eigenvalue weighted by atomic mass is 16.1. The van der Waals surface area contributed by atoms with Gasteiger partial charge in [0.05, 0.1) is 0 Å². The minimum absolute atomic E-state index is 0.811. The van der Waals surface area contributed by atoms with Gasteiger partial charge in [0.1, 0.15) is 6.29 Å². The first-order valence-electron chi connectivity index (χ1n) is 6.88. The van der Waals surface area contributed by atoms with Crippen LogP contribution in [0.3, 0.4) is 0 Å². The summed E-state index contributed by atoms with van der Waals surface area (Å²) < 4.78 is 0. The van der Waals surface area contributed by atoms with Crippen LogP contribution >= 0.6 is 0 Å². The summed E-state index contributed by atoms with van der Waals surface area (Å²) in [5.74, 6) is 0. The third-order valence-corrected chi connectivity index (χ3v) is 3.19. The van der Waals surface area contributed by atoms with Gasteiger partial charge in [-0.15, -0.1) is 0 Å². The van der Waals surface area contributed by atoms with Crippen LogP contribution < -0.4 is 0 Å². The number of aldehydes is 1. The Balaban J connectivity index is 2.65. The molecule has 0 amide bonds. The Morgan fingerprint density at radius 1 is 0.941 bits per heavy atom. The number of benzene rings is 1. The van der Waals surface area contributed by atoms with E-state index in [1.807, 2.05) is 6.07 Å². The first-order valence-corrected chi connectivity index (χ1v) is 6.88. The van der Waals surface area contributed by atoms with E-state index in [4.69, 9.17) is 0 Å². The number of aryl methyl sites for hydroxylation is 2. The average molecular weight is 232 g/mol. The molecule has 0 aliphatic rings. The smallest absolute Gasteiger partial charge is 0.150 e. The van der Waals surface area contributed by atoms with Crippen molar-refractivity contribution in [1.82, 2.24) is 0 Å².